The number of nitrogens with zero attached hydrogens (tertiary/aromatic N) is 1. The molecule has 0 saturated heterocycles. The SMILES string of the molecule is CCCOc1ccc(CCN)cc1CN(CC)CC. The molecule has 0 aliphatic rings. The highest BCUT2D eigenvalue weighted by Gasteiger charge is 2.09. The maximum Gasteiger partial charge on any atom is 0.123 e. The van der Waals surface area contributed by atoms with Crippen LogP contribution in [0.25, 0.3) is 0 Å². The third-order valence-electron chi connectivity index (χ3n) is 3.31. The second kappa shape index (κ2) is 8.94. The van der Waals surface area contributed by atoms with Crippen molar-refractivity contribution in [1.29, 1.82) is 0 Å². The molecule has 3 nitrogen and oxygen atoms in total. The maximum atomic E-state index is 5.85. The smallest absolute Gasteiger partial charge is 0.123 e. The number of hydrogen-bond donors (Lipinski definition) is 1. The van der Waals surface area contributed by atoms with Crippen LogP contribution in [0.1, 0.15) is 38.3 Å². The molecule has 0 bridgehead atoms. The summed E-state index contributed by atoms with van der Waals surface area (Å²) in [6, 6.07) is 6.47. The van der Waals surface area contributed by atoms with Gasteiger partial charge in [0.15, 0.2) is 0 Å². The first-order valence-corrected chi connectivity index (χ1v) is 7.42. The molecular formula is C16H28N2O. The molecule has 0 aliphatic carbocycles. The van der Waals surface area contributed by atoms with Gasteiger partial charge in [-0.2, -0.15) is 0 Å². The molecular weight excluding hydrogens is 236 g/mol. The Balaban J connectivity index is 2.89. The number of hydrogen-bond acceptors (Lipinski definition) is 3. The van der Waals surface area contributed by atoms with E-state index in [4.69, 9.17) is 10.5 Å². The number of ether oxygens (including phenoxy) is 1. The van der Waals surface area contributed by atoms with E-state index in [2.05, 4.69) is 43.9 Å². The summed E-state index contributed by atoms with van der Waals surface area (Å²) in [5.41, 5.74) is 8.22. The summed E-state index contributed by atoms with van der Waals surface area (Å²) in [5, 5.41) is 0. The highest BCUT2D eigenvalue weighted by Crippen LogP contribution is 2.22. The van der Waals surface area contributed by atoms with Gasteiger partial charge >= 0.3 is 0 Å². The van der Waals surface area contributed by atoms with E-state index >= 15 is 0 Å². The fourth-order valence-corrected chi connectivity index (χ4v) is 2.12. The van der Waals surface area contributed by atoms with Crippen molar-refractivity contribution in [2.24, 2.45) is 5.73 Å². The lowest BCUT2D eigenvalue weighted by Crippen LogP contribution is -2.22. The predicted molar refractivity (Wildman–Crippen MR) is 81.6 cm³/mol. The van der Waals surface area contributed by atoms with Gasteiger partial charge in [0.05, 0.1) is 6.61 Å². The molecule has 0 aliphatic heterocycles. The molecule has 0 unspecified atom stereocenters. The zero-order valence-corrected chi connectivity index (χ0v) is 12.6. The summed E-state index contributed by atoms with van der Waals surface area (Å²) in [6.45, 7) is 11.1. The molecule has 3 heteroatoms. The quantitative estimate of drug-likeness (QED) is 0.745. The second-order valence-corrected chi connectivity index (χ2v) is 4.79. The minimum atomic E-state index is 0.694. The number of benzene rings is 1. The van der Waals surface area contributed by atoms with Crippen molar-refractivity contribution < 1.29 is 4.74 Å². The van der Waals surface area contributed by atoms with Gasteiger partial charge in [0, 0.05) is 12.1 Å². The molecule has 108 valence electrons. The van der Waals surface area contributed by atoms with Crippen molar-refractivity contribution in [3.05, 3.63) is 29.3 Å². The van der Waals surface area contributed by atoms with E-state index in [1.807, 2.05) is 0 Å². The van der Waals surface area contributed by atoms with E-state index in [1.165, 1.54) is 11.1 Å². The molecule has 19 heavy (non-hydrogen) atoms. The Bertz CT molecular complexity index is 362. The van der Waals surface area contributed by atoms with Crippen LogP contribution in [0.5, 0.6) is 5.75 Å². The van der Waals surface area contributed by atoms with Crippen molar-refractivity contribution in [1.82, 2.24) is 4.90 Å². The third-order valence-corrected chi connectivity index (χ3v) is 3.31. The summed E-state index contributed by atoms with van der Waals surface area (Å²) in [5.74, 6) is 1.02. The highest BCUT2D eigenvalue weighted by molar-refractivity contribution is 5.37. The molecule has 1 aromatic rings. The summed E-state index contributed by atoms with van der Waals surface area (Å²) in [4.78, 5) is 2.40. The van der Waals surface area contributed by atoms with Crippen molar-refractivity contribution in [3.63, 3.8) is 0 Å². The average Bonchev–Trinajstić information content (AvgIpc) is 2.44. The third kappa shape index (κ3) is 5.21. The monoisotopic (exact) mass is 264 g/mol. The fourth-order valence-electron chi connectivity index (χ4n) is 2.12. The van der Waals surface area contributed by atoms with E-state index in [1.54, 1.807) is 0 Å². The van der Waals surface area contributed by atoms with E-state index in [9.17, 15) is 0 Å². The van der Waals surface area contributed by atoms with Crippen LogP contribution in [-0.4, -0.2) is 31.1 Å². The summed E-state index contributed by atoms with van der Waals surface area (Å²) < 4.78 is 5.85. The van der Waals surface area contributed by atoms with Crippen molar-refractivity contribution in [2.75, 3.05) is 26.2 Å². The van der Waals surface area contributed by atoms with E-state index in [-0.39, 0.29) is 0 Å². The van der Waals surface area contributed by atoms with Gasteiger partial charge in [-0.3, -0.25) is 4.90 Å². The molecule has 0 radical (unpaired) electrons. The molecule has 1 rings (SSSR count). The minimum Gasteiger partial charge on any atom is -0.493 e. The highest BCUT2D eigenvalue weighted by atomic mass is 16.5. The molecule has 1 aromatic carbocycles. The lowest BCUT2D eigenvalue weighted by atomic mass is 10.1. The van der Waals surface area contributed by atoms with E-state index in [0.717, 1.165) is 44.8 Å². The zero-order valence-electron chi connectivity index (χ0n) is 12.6. The van der Waals surface area contributed by atoms with Crippen LogP contribution in [0.3, 0.4) is 0 Å². The number of rotatable bonds is 9. The molecule has 0 heterocycles. The van der Waals surface area contributed by atoms with Crippen LogP contribution < -0.4 is 10.5 Å². The Morgan fingerprint density at radius 3 is 2.47 bits per heavy atom. The standard InChI is InChI=1S/C16H28N2O/c1-4-11-19-16-8-7-14(9-10-17)12-15(16)13-18(5-2)6-3/h7-8,12H,4-6,9-11,13,17H2,1-3H3. The number of nitrogens with two attached hydrogens (primary N) is 1. The Labute approximate surface area is 117 Å². The minimum absolute atomic E-state index is 0.694. The lowest BCUT2D eigenvalue weighted by Gasteiger charge is -2.21. The van der Waals surface area contributed by atoms with Crippen LogP contribution in [0.4, 0.5) is 0 Å². The Morgan fingerprint density at radius 1 is 1.16 bits per heavy atom. The van der Waals surface area contributed by atoms with Crippen molar-refractivity contribution >= 4 is 0 Å². The predicted octanol–water partition coefficient (Wildman–Crippen LogP) is 2.82. The normalized spacial score (nSPS) is 11.0. The first-order chi connectivity index (χ1) is 9.24. The van der Waals surface area contributed by atoms with Gasteiger partial charge in [0.1, 0.15) is 5.75 Å². The molecule has 0 saturated carbocycles. The van der Waals surface area contributed by atoms with Crippen LogP contribution in [-0.2, 0) is 13.0 Å². The van der Waals surface area contributed by atoms with Gasteiger partial charge in [-0.05, 0) is 44.1 Å². The summed E-state index contributed by atoms with van der Waals surface area (Å²) >= 11 is 0. The van der Waals surface area contributed by atoms with Gasteiger partial charge in [0.2, 0.25) is 0 Å². The fraction of sp³-hybridized carbons (Fsp3) is 0.625. The topological polar surface area (TPSA) is 38.5 Å². The van der Waals surface area contributed by atoms with Gasteiger partial charge in [-0.15, -0.1) is 0 Å². The van der Waals surface area contributed by atoms with Crippen LogP contribution in [0.15, 0.2) is 18.2 Å². The van der Waals surface area contributed by atoms with Crippen LogP contribution in [0, 0.1) is 0 Å². The Hall–Kier alpha value is -1.06. The molecule has 0 aromatic heterocycles. The molecule has 2 N–H and O–H groups in total. The van der Waals surface area contributed by atoms with Crippen LogP contribution >= 0.6 is 0 Å². The average molecular weight is 264 g/mol. The molecule has 0 spiro atoms. The largest absolute Gasteiger partial charge is 0.493 e. The first kappa shape index (κ1) is 16.0. The van der Waals surface area contributed by atoms with Gasteiger partial charge in [-0.1, -0.05) is 32.9 Å². The van der Waals surface area contributed by atoms with E-state index < -0.39 is 0 Å². The first-order valence-electron chi connectivity index (χ1n) is 7.42. The maximum absolute atomic E-state index is 5.85. The van der Waals surface area contributed by atoms with Crippen LogP contribution in [0.2, 0.25) is 0 Å². The van der Waals surface area contributed by atoms with Gasteiger partial charge < -0.3 is 10.5 Å². The van der Waals surface area contributed by atoms with Gasteiger partial charge in [-0.25, -0.2) is 0 Å². The zero-order chi connectivity index (χ0) is 14.1. The van der Waals surface area contributed by atoms with Gasteiger partial charge in [0.25, 0.3) is 0 Å². The van der Waals surface area contributed by atoms with Crippen molar-refractivity contribution in [3.8, 4) is 5.75 Å². The second-order valence-electron chi connectivity index (χ2n) is 4.79. The molecule has 0 atom stereocenters. The van der Waals surface area contributed by atoms with E-state index in [0.29, 0.717) is 6.54 Å². The summed E-state index contributed by atoms with van der Waals surface area (Å²) in [6.07, 6.45) is 1.97. The molecule has 0 fully saturated rings. The summed E-state index contributed by atoms with van der Waals surface area (Å²) in [7, 11) is 0. The van der Waals surface area contributed by atoms with Crippen molar-refractivity contribution in [2.45, 2.75) is 40.2 Å². The molecule has 0 amide bonds. The lowest BCUT2D eigenvalue weighted by molar-refractivity contribution is 0.276. The Morgan fingerprint density at radius 2 is 1.89 bits per heavy atom. The Kier molecular flexibility index (Phi) is 7.53.